The van der Waals surface area contributed by atoms with Crippen molar-refractivity contribution in [3.8, 4) is 15.7 Å². The van der Waals surface area contributed by atoms with Crippen molar-refractivity contribution in [1.82, 2.24) is 14.8 Å². The molecule has 0 atom stereocenters. The highest BCUT2D eigenvalue weighted by Crippen LogP contribution is 2.29. The van der Waals surface area contributed by atoms with Crippen LogP contribution in [0, 0.1) is 6.92 Å². The van der Waals surface area contributed by atoms with E-state index in [4.69, 9.17) is 11.6 Å². The molecular formula is C18H13ClN4OS2. The topological polar surface area (TPSA) is 59.8 Å². The molecule has 0 saturated heterocycles. The molecule has 0 radical (unpaired) electrons. The molecule has 3 aromatic heterocycles. The van der Waals surface area contributed by atoms with Gasteiger partial charge in [0, 0.05) is 22.0 Å². The zero-order chi connectivity index (χ0) is 18.1. The Morgan fingerprint density at radius 1 is 1.19 bits per heavy atom. The Morgan fingerprint density at radius 3 is 2.73 bits per heavy atom. The van der Waals surface area contributed by atoms with Gasteiger partial charge in [-0.3, -0.25) is 4.79 Å². The minimum atomic E-state index is -0.224. The van der Waals surface area contributed by atoms with Crippen LogP contribution >= 0.6 is 34.3 Å². The fourth-order valence-corrected chi connectivity index (χ4v) is 4.10. The molecule has 5 nitrogen and oxygen atoms in total. The van der Waals surface area contributed by atoms with Crippen molar-refractivity contribution in [2.24, 2.45) is 0 Å². The van der Waals surface area contributed by atoms with Crippen molar-refractivity contribution >= 4 is 46.0 Å². The maximum atomic E-state index is 12.5. The van der Waals surface area contributed by atoms with Crippen LogP contribution < -0.4 is 5.32 Å². The number of halogens is 1. The summed E-state index contributed by atoms with van der Waals surface area (Å²) in [7, 11) is 0. The number of thiophene rings is 1. The fraction of sp³-hybridized carbons (Fsp3) is 0.0556. The molecule has 0 aliphatic heterocycles. The lowest BCUT2D eigenvalue weighted by molar-refractivity contribution is 0.102. The Kier molecular flexibility index (Phi) is 4.58. The molecular weight excluding hydrogens is 388 g/mol. The summed E-state index contributed by atoms with van der Waals surface area (Å²) in [5, 5.41) is 12.7. The summed E-state index contributed by atoms with van der Waals surface area (Å²) in [6, 6.07) is 12.6. The average Bonchev–Trinajstić information content (AvgIpc) is 3.35. The number of anilines is 1. The first-order valence-electron chi connectivity index (χ1n) is 7.73. The predicted molar refractivity (Wildman–Crippen MR) is 107 cm³/mol. The second kappa shape index (κ2) is 7.03. The minimum absolute atomic E-state index is 0.224. The number of amides is 1. The first kappa shape index (κ1) is 17.0. The van der Waals surface area contributed by atoms with Crippen LogP contribution in [0.2, 0.25) is 5.02 Å². The molecule has 4 aromatic rings. The summed E-state index contributed by atoms with van der Waals surface area (Å²) >= 11 is 9.00. The van der Waals surface area contributed by atoms with Crippen LogP contribution in [0.5, 0.6) is 0 Å². The molecule has 0 aliphatic carbocycles. The van der Waals surface area contributed by atoms with E-state index in [0.717, 1.165) is 16.3 Å². The van der Waals surface area contributed by atoms with E-state index in [1.165, 1.54) is 11.3 Å². The van der Waals surface area contributed by atoms with Gasteiger partial charge < -0.3 is 5.32 Å². The Balaban J connectivity index is 1.63. The highest BCUT2D eigenvalue weighted by Gasteiger charge is 2.15. The number of nitrogens with one attached hydrogen (secondary N) is 1. The van der Waals surface area contributed by atoms with Crippen molar-refractivity contribution in [1.29, 1.82) is 0 Å². The Bertz CT molecular complexity index is 1050. The second-order valence-corrected chi connectivity index (χ2v) is 7.76. The summed E-state index contributed by atoms with van der Waals surface area (Å²) in [5.74, 6) is 0.354. The highest BCUT2D eigenvalue weighted by atomic mass is 35.5. The van der Waals surface area contributed by atoms with E-state index in [9.17, 15) is 4.79 Å². The van der Waals surface area contributed by atoms with Crippen LogP contribution in [0.25, 0.3) is 15.7 Å². The van der Waals surface area contributed by atoms with Gasteiger partial charge in [-0.25, -0.2) is 4.98 Å². The third kappa shape index (κ3) is 3.41. The van der Waals surface area contributed by atoms with Crippen molar-refractivity contribution in [2.45, 2.75) is 6.92 Å². The standard InChI is InChI=1S/C18H13ClN4OS2/c1-11-9-16(21-17(24)12-4-6-13(19)7-5-12)23(22-11)18-20-14(10-26-18)15-3-2-8-25-15/h2-10H,1H3,(H,21,24). The molecule has 1 amide bonds. The van der Waals surface area contributed by atoms with Gasteiger partial charge in [0.1, 0.15) is 5.82 Å². The van der Waals surface area contributed by atoms with Gasteiger partial charge in [-0.05, 0) is 42.6 Å². The van der Waals surface area contributed by atoms with E-state index < -0.39 is 0 Å². The molecule has 1 aromatic carbocycles. The SMILES string of the molecule is Cc1cc(NC(=O)c2ccc(Cl)cc2)n(-c2nc(-c3cccs3)cs2)n1. The third-order valence-electron chi connectivity index (χ3n) is 3.63. The number of carbonyl (C=O) groups is 1. The maximum absolute atomic E-state index is 12.5. The molecule has 4 rings (SSSR count). The molecule has 8 heteroatoms. The Hall–Kier alpha value is -2.48. The Morgan fingerprint density at radius 2 is 2.00 bits per heavy atom. The molecule has 26 heavy (non-hydrogen) atoms. The number of hydrogen-bond acceptors (Lipinski definition) is 5. The summed E-state index contributed by atoms with van der Waals surface area (Å²) < 4.78 is 1.66. The lowest BCUT2D eigenvalue weighted by Gasteiger charge is -2.06. The highest BCUT2D eigenvalue weighted by molar-refractivity contribution is 7.15. The Labute approximate surface area is 162 Å². The number of hydrogen-bond donors (Lipinski definition) is 1. The molecule has 0 fully saturated rings. The fourth-order valence-electron chi connectivity index (χ4n) is 2.42. The van der Waals surface area contributed by atoms with Crippen molar-refractivity contribution < 1.29 is 4.79 Å². The van der Waals surface area contributed by atoms with Crippen LogP contribution in [0.1, 0.15) is 16.1 Å². The van der Waals surface area contributed by atoms with E-state index in [-0.39, 0.29) is 5.91 Å². The van der Waals surface area contributed by atoms with Crippen molar-refractivity contribution in [3.05, 3.63) is 69.5 Å². The van der Waals surface area contributed by atoms with E-state index in [1.807, 2.05) is 35.9 Å². The summed E-state index contributed by atoms with van der Waals surface area (Å²) in [5.41, 5.74) is 2.23. The van der Waals surface area contributed by atoms with Crippen LogP contribution in [0.4, 0.5) is 5.82 Å². The largest absolute Gasteiger partial charge is 0.306 e. The third-order valence-corrected chi connectivity index (χ3v) is 5.59. The van der Waals surface area contributed by atoms with E-state index in [2.05, 4.69) is 15.4 Å². The van der Waals surface area contributed by atoms with Crippen molar-refractivity contribution in [3.63, 3.8) is 0 Å². The number of rotatable bonds is 4. The van der Waals surface area contributed by atoms with Crippen LogP contribution in [0.15, 0.2) is 53.2 Å². The van der Waals surface area contributed by atoms with Gasteiger partial charge >= 0.3 is 0 Å². The van der Waals surface area contributed by atoms with Gasteiger partial charge in [-0.2, -0.15) is 9.78 Å². The smallest absolute Gasteiger partial charge is 0.256 e. The predicted octanol–water partition coefficient (Wildman–Crippen LogP) is 5.27. The minimum Gasteiger partial charge on any atom is -0.306 e. The number of aromatic nitrogens is 3. The lowest BCUT2D eigenvalue weighted by atomic mass is 10.2. The molecule has 1 N–H and O–H groups in total. The molecule has 3 heterocycles. The number of aryl methyl sites for hydroxylation is 1. The van der Waals surface area contributed by atoms with Gasteiger partial charge in [0.05, 0.1) is 16.3 Å². The average molecular weight is 401 g/mol. The van der Waals surface area contributed by atoms with Gasteiger partial charge in [-0.1, -0.05) is 17.7 Å². The first-order valence-corrected chi connectivity index (χ1v) is 9.87. The summed E-state index contributed by atoms with van der Waals surface area (Å²) in [6.07, 6.45) is 0. The maximum Gasteiger partial charge on any atom is 0.256 e. The molecule has 0 bridgehead atoms. The van der Waals surface area contributed by atoms with Gasteiger partial charge in [0.2, 0.25) is 5.13 Å². The zero-order valence-corrected chi connectivity index (χ0v) is 16.0. The first-order chi connectivity index (χ1) is 12.6. The molecule has 130 valence electrons. The van der Waals surface area contributed by atoms with Crippen LogP contribution in [-0.2, 0) is 0 Å². The monoisotopic (exact) mass is 400 g/mol. The van der Waals surface area contributed by atoms with Gasteiger partial charge in [0.15, 0.2) is 0 Å². The van der Waals surface area contributed by atoms with Crippen LogP contribution in [0.3, 0.4) is 0 Å². The molecule has 0 aliphatic rings. The normalized spacial score (nSPS) is 10.8. The van der Waals surface area contributed by atoms with E-state index >= 15 is 0 Å². The number of benzene rings is 1. The van der Waals surface area contributed by atoms with Gasteiger partial charge in [-0.15, -0.1) is 22.7 Å². The quantitative estimate of drug-likeness (QED) is 0.507. The molecule has 0 unspecified atom stereocenters. The summed E-state index contributed by atoms with van der Waals surface area (Å²) in [4.78, 5) is 18.2. The number of carbonyl (C=O) groups excluding carboxylic acids is 1. The van der Waals surface area contributed by atoms with Crippen LogP contribution in [-0.4, -0.2) is 20.7 Å². The van der Waals surface area contributed by atoms with E-state index in [0.29, 0.717) is 21.5 Å². The molecule has 0 saturated carbocycles. The molecule has 0 spiro atoms. The lowest BCUT2D eigenvalue weighted by Crippen LogP contribution is -2.15. The number of thiazole rings is 1. The second-order valence-electron chi connectivity index (χ2n) is 5.54. The summed E-state index contributed by atoms with van der Waals surface area (Å²) in [6.45, 7) is 1.88. The van der Waals surface area contributed by atoms with E-state index in [1.54, 1.807) is 40.3 Å². The number of nitrogens with zero attached hydrogens (tertiary/aromatic N) is 3. The zero-order valence-electron chi connectivity index (χ0n) is 13.6. The van der Waals surface area contributed by atoms with Gasteiger partial charge in [0.25, 0.3) is 5.91 Å². The van der Waals surface area contributed by atoms with Crippen molar-refractivity contribution in [2.75, 3.05) is 5.32 Å².